The summed E-state index contributed by atoms with van der Waals surface area (Å²) in [6.07, 6.45) is -0.292. The summed E-state index contributed by atoms with van der Waals surface area (Å²) in [5.74, 6) is 0. The van der Waals surface area contributed by atoms with Gasteiger partial charge in [-0.2, -0.15) is 0 Å². The van der Waals surface area contributed by atoms with Crippen molar-refractivity contribution in [2.45, 2.75) is 52.3 Å². The average molecular weight is 342 g/mol. The third kappa shape index (κ3) is 5.20. The third-order valence-electron chi connectivity index (χ3n) is 4.35. The van der Waals surface area contributed by atoms with Gasteiger partial charge in [0, 0.05) is 25.7 Å². The molecule has 0 fully saturated rings. The molecule has 2 atom stereocenters. The maximum Gasteiger partial charge on any atom is 0.410 e. The zero-order valence-electron chi connectivity index (χ0n) is 16.2. The van der Waals surface area contributed by atoms with Gasteiger partial charge in [-0.3, -0.25) is 0 Å². The van der Waals surface area contributed by atoms with Gasteiger partial charge in [0.05, 0.1) is 0 Å². The number of nitrogens with zero attached hydrogens (tertiary/aromatic N) is 1. The summed E-state index contributed by atoms with van der Waals surface area (Å²) in [5.41, 5.74) is 0.791. The number of fused-ring (bicyclic) bond motifs is 1. The van der Waals surface area contributed by atoms with Gasteiger partial charge < -0.3 is 15.0 Å². The van der Waals surface area contributed by atoms with Crippen LogP contribution in [0.5, 0.6) is 0 Å². The molecule has 0 aliphatic rings. The van der Waals surface area contributed by atoms with Gasteiger partial charge in [0.15, 0.2) is 0 Å². The van der Waals surface area contributed by atoms with Crippen molar-refractivity contribution in [1.82, 2.24) is 10.2 Å². The predicted molar refractivity (Wildman–Crippen MR) is 104 cm³/mol. The number of hydrogen-bond acceptors (Lipinski definition) is 3. The fraction of sp³-hybridized carbons (Fsp3) is 0.476. The molecule has 0 heterocycles. The summed E-state index contributed by atoms with van der Waals surface area (Å²) in [4.78, 5) is 13.8. The van der Waals surface area contributed by atoms with Crippen molar-refractivity contribution in [3.8, 4) is 0 Å². The van der Waals surface area contributed by atoms with Gasteiger partial charge >= 0.3 is 6.09 Å². The lowest BCUT2D eigenvalue weighted by molar-refractivity contribution is 0.0234. The Morgan fingerprint density at radius 1 is 1.12 bits per heavy atom. The summed E-state index contributed by atoms with van der Waals surface area (Å²) in [6, 6.07) is 15.0. The van der Waals surface area contributed by atoms with Crippen LogP contribution in [0, 0.1) is 0 Å². The number of ether oxygens (including phenoxy) is 1. The van der Waals surface area contributed by atoms with E-state index >= 15 is 0 Å². The maximum atomic E-state index is 12.2. The Hall–Kier alpha value is -2.07. The van der Waals surface area contributed by atoms with Crippen LogP contribution >= 0.6 is 0 Å². The van der Waals surface area contributed by atoms with E-state index in [9.17, 15) is 4.79 Å². The van der Waals surface area contributed by atoms with E-state index in [1.54, 1.807) is 11.9 Å². The first kappa shape index (κ1) is 19.3. The van der Waals surface area contributed by atoms with Crippen LogP contribution in [0.4, 0.5) is 4.79 Å². The highest BCUT2D eigenvalue weighted by Crippen LogP contribution is 2.24. The smallest absolute Gasteiger partial charge is 0.410 e. The van der Waals surface area contributed by atoms with Gasteiger partial charge in [0.2, 0.25) is 0 Å². The normalized spacial score (nSPS) is 14.2. The molecule has 0 saturated heterocycles. The van der Waals surface area contributed by atoms with Crippen molar-refractivity contribution >= 4 is 16.9 Å². The van der Waals surface area contributed by atoms with E-state index in [1.807, 2.05) is 27.7 Å². The van der Waals surface area contributed by atoms with Crippen LogP contribution in [-0.4, -0.2) is 36.2 Å². The van der Waals surface area contributed by atoms with Gasteiger partial charge in [0.1, 0.15) is 5.60 Å². The molecule has 0 radical (unpaired) electrons. The number of benzene rings is 2. The van der Waals surface area contributed by atoms with Gasteiger partial charge in [-0.25, -0.2) is 4.79 Å². The van der Waals surface area contributed by atoms with Gasteiger partial charge in [0.25, 0.3) is 0 Å². The number of nitrogens with one attached hydrogen (secondary N) is 1. The molecule has 25 heavy (non-hydrogen) atoms. The Balaban J connectivity index is 1.99. The van der Waals surface area contributed by atoms with Crippen molar-refractivity contribution < 1.29 is 9.53 Å². The standard InChI is InChI=1S/C21H30N2O2/c1-15(23(6)20(24)25-21(3,4)5)14-22-16(2)18-13-9-11-17-10-7-8-12-19(17)18/h7-13,15-16,22H,14H2,1-6H3. The Morgan fingerprint density at radius 3 is 2.44 bits per heavy atom. The van der Waals surface area contributed by atoms with Crippen LogP contribution in [0.2, 0.25) is 0 Å². The predicted octanol–water partition coefficient (Wildman–Crippen LogP) is 4.75. The van der Waals surface area contributed by atoms with Crippen LogP contribution in [0.1, 0.15) is 46.2 Å². The molecule has 2 aromatic carbocycles. The third-order valence-corrected chi connectivity index (χ3v) is 4.35. The second-order valence-corrected chi connectivity index (χ2v) is 7.64. The molecule has 0 spiro atoms. The zero-order chi connectivity index (χ0) is 18.6. The molecular weight excluding hydrogens is 312 g/mol. The summed E-state index contributed by atoms with van der Waals surface area (Å²) in [5, 5.41) is 6.05. The fourth-order valence-corrected chi connectivity index (χ4v) is 2.74. The Bertz CT molecular complexity index is 716. The van der Waals surface area contributed by atoms with Crippen LogP contribution in [0.3, 0.4) is 0 Å². The summed E-state index contributed by atoms with van der Waals surface area (Å²) >= 11 is 0. The van der Waals surface area contributed by atoms with Crippen molar-refractivity contribution in [3.63, 3.8) is 0 Å². The van der Waals surface area contributed by atoms with E-state index in [0.29, 0.717) is 6.54 Å². The molecule has 0 aromatic heterocycles. The van der Waals surface area contributed by atoms with Crippen LogP contribution < -0.4 is 5.32 Å². The van der Waals surface area contributed by atoms with E-state index in [4.69, 9.17) is 4.74 Å². The molecule has 1 N–H and O–H groups in total. The topological polar surface area (TPSA) is 41.6 Å². The lowest BCUT2D eigenvalue weighted by atomic mass is 9.99. The Labute approximate surface area is 151 Å². The average Bonchev–Trinajstić information content (AvgIpc) is 2.56. The monoisotopic (exact) mass is 342 g/mol. The summed E-state index contributed by atoms with van der Waals surface area (Å²) < 4.78 is 5.43. The first-order valence-corrected chi connectivity index (χ1v) is 8.86. The van der Waals surface area contributed by atoms with E-state index < -0.39 is 5.60 Å². The van der Waals surface area contributed by atoms with E-state index in [2.05, 4.69) is 54.7 Å². The number of rotatable bonds is 5. The van der Waals surface area contributed by atoms with Crippen LogP contribution in [0.25, 0.3) is 10.8 Å². The van der Waals surface area contributed by atoms with Crippen molar-refractivity contribution in [2.75, 3.05) is 13.6 Å². The SMILES string of the molecule is CC(NCC(C)N(C)C(=O)OC(C)(C)C)c1cccc2ccccc12. The number of amides is 1. The number of hydrogen-bond donors (Lipinski definition) is 1. The quantitative estimate of drug-likeness (QED) is 0.853. The minimum atomic E-state index is -0.477. The molecule has 0 aliphatic carbocycles. The highest BCUT2D eigenvalue weighted by molar-refractivity contribution is 5.86. The molecule has 4 heteroatoms. The molecular formula is C21H30N2O2. The molecule has 0 bridgehead atoms. The van der Waals surface area contributed by atoms with Gasteiger partial charge in [-0.1, -0.05) is 42.5 Å². The first-order chi connectivity index (χ1) is 11.7. The molecule has 0 saturated carbocycles. The second kappa shape index (κ2) is 7.87. The maximum absolute atomic E-state index is 12.2. The van der Waals surface area contributed by atoms with Gasteiger partial charge in [-0.05, 0) is 51.0 Å². The molecule has 2 rings (SSSR count). The second-order valence-electron chi connectivity index (χ2n) is 7.64. The first-order valence-electron chi connectivity index (χ1n) is 8.86. The highest BCUT2D eigenvalue weighted by atomic mass is 16.6. The highest BCUT2D eigenvalue weighted by Gasteiger charge is 2.23. The molecule has 2 aromatic rings. The van der Waals surface area contributed by atoms with Crippen LogP contribution in [0.15, 0.2) is 42.5 Å². The van der Waals surface area contributed by atoms with Crippen LogP contribution in [-0.2, 0) is 4.74 Å². The molecule has 136 valence electrons. The fourth-order valence-electron chi connectivity index (χ4n) is 2.74. The molecule has 1 amide bonds. The summed E-state index contributed by atoms with van der Waals surface area (Å²) in [7, 11) is 1.78. The van der Waals surface area contributed by atoms with E-state index in [-0.39, 0.29) is 18.2 Å². The Morgan fingerprint density at radius 2 is 1.76 bits per heavy atom. The lowest BCUT2D eigenvalue weighted by Crippen LogP contribution is -2.44. The lowest BCUT2D eigenvalue weighted by Gasteiger charge is -2.29. The molecule has 0 aliphatic heterocycles. The molecule has 2 unspecified atom stereocenters. The number of carbonyl (C=O) groups excluding carboxylic acids is 1. The van der Waals surface area contributed by atoms with E-state index in [0.717, 1.165) is 0 Å². The minimum absolute atomic E-state index is 0.0345. The largest absolute Gasteiger partial charge is 0.444 e. The number of likely N-dealkylation sites (N-methyl/N-ethyl adjacent to an activating group) is 1. The van der Waals surface area contributed by atoms with E-state index in [1.165, 1.54) is 16.3 Å². The van der Waals surface area contributed by atoms with Gasteiger partial charge in [-0.15, -0.1) is 0 Å². The minimum Gasteiger partial charge on any atom is -0.444 e. The number of carbonyl (C=O) groups is 1. The van der Waals surface area contributed by atoms with Crippen molar-refractivity contribution in [3.05, 3.63) is 48.0 Å². The molecule has 4 nitrogen and oxygen atoms in total. The van der Waals surface area contributed by atoms with Crippen molar-refractivity contribution in [2.24, 2.45) is 0 Å². The zero-order valence-corrected chi connectivity index (χ0v) is 16.2. The summed E-state index contributed by atoms with van der Waals surface area (Å²) in [6.45, 7) is 10.5. The Kier molecular flexibility index (Phi) is 6.07. The van der Waals surface area contributed by atoms with Crippen molar-refractivity contribution in [1.29, 1.82) is 0 Å².